The van der Waals surface area contributed by atoms with Crippen molar-refractivity contribution in [2.24, 2.45) is 0 Å². The fraction of sp³-hybridized carbons (Fsp3) is 0.100. The number of hydrogen-bond donors (Lipinski definition) is 1. The van der Waals surface area contributed by atoms with Crippen LogP contribution in [0.1, 0.15) is 4.88 Å². The van der Waals surface area contributed by atoms with E-state index in [1.165, 1.54) is 29.5 Å². The second kappa shape index (κ2) is 5.11. The maximum Gasteiger partial charge on any atom is 0.271 e. The van der Waals surface area contributed by atoms with Crippen molar-refractivity contribution in [3.05, 3.63) is 49.9 Å². The number of nitro benzene ring substituents is 1. The highest BCUT2D eigenvalue weighted by Gasteiger charge is 2.09. The van der Waals surface area contributed by atoms with Crippen molar-refractivity contribution >= 4 is 34.3 Å². The molecule has 0 aliphatic rings. The highest BCUT2D eigenvalue weighted by Crippen LogP contribution is 2.27. The van der Waals surface area contributed by atoms with Gasteiger partial charge in [-0.3, -0.25) is 15.1 Å². The molecule has 1 heterocycles. The van der Waals surface area contributed by atoms with Gasteiger partial charge < -0.3 is 5.32 Å². The molecule has 88 valence electrons. The molecule has 5 nitrogen and oxygen atoms in total. The third-order valence-electron chi connectivity index (χ3n) is 2.10. The van der Waals surface area contributed by atoms with Gasteiger partial charge in [0, 0.05) is 23.2 Å². The van der Waals surface area contributed by atoms with Crippen molar-refractivity contribution in [2.45, 2.75) is 6.54 Å². The summed E-state index contributed by atoms with van der Waals surface area (Å²) in [4.78, 5) is 15.1. The molecule has 0 saturated carbocycles. The van der Waals surface area contributed by atoms with E-state index in [1.807, 2.05) is 0 Å². The minimum Gasteiger partial charge on any atom is -0.379 e. The van der Waals surface area contributed by atoms with Crippen LogP contribution in [-0.2, 0) is 6.54 Å². The van der Waals surface area contributed by atoms with Gasteiger partial charge in [-0.25, -0.2) is 0 Å². The van der Waals surface area contributed by atoms with Gasteiger partial charge in [0.1, 0.15) is 0 Å². The van der Waals surface area contributed by atoms with Crippen LogP contribution in [-0.4, -0.2) is 9.91 Å². The zero-order chi connectivity index (χ0) is 12.3. The van der Waals surface area contributed by atoms with Crippen LogP contribution in [0.4, 0.5) is 11.4 Å². The quantitative estimate of drug-likeness (QED) is 0.683. The van der Waals surface area contributed by atoms with Gasteiger partial charge in [0.2, 0.25) is 0 Å². The Morgan fingerprint density at radius 2 is 2.35 bits per heavy atom. The molecule has 0 fully saturated rings. The molecule has 0 unspecified atom stereocenters. The second-order valence-electron chi connectivity index (χ2n) is 3.24. The summed E-state index contributed by atoms with van der Waals surface area (Å²) in [6.07, 6.45) is 1.74. The van der Waals surface area contributed by atoms with Crippen molar-refractivity contribution in [1.29, 1.82) is 0 Å². The molecule has 2 rings (SSSR count). The van der Waals surface area contributed by atoms with Crippen LogP contribution in [0, 0.1) is 10.1 Å². The van der Waals surface area contributed by atoms with E-state index in [0.29, 0.717) is 17.3 Å². The van der Waals surface area contributed by atoms with E-state index < -0.39 is 4.92 Å². The van der Waals surface area contributed by atoms with Gasteiger partial charge in [-0.2, -0.15) is 0 Å². The topological polar surface area (TPSA) is 68.1 Å². The van der Waals surface area contributed by atoms with Gasteiger partial charge in [-0.15, -0.1) is 11.3 Å². The molecule has 1 aromatic heterocycles. The third kappa shape index (κ3) is 2.92. The van der Waals surface area contributed by atoms with Crippen molar-refractivity contribution in [3.63, 3.8) is 0 Å². The molecule has 0 radical (unpaired) electrons. The number of nitrogens with one attached hydrogen (secondary N) is 1. The number of anilines is 1. The van der Waals surface area contributed by atoms with Crippen molar-refractivity contribution in [3.8, 4) is 0 Å². The molecule has 1 aromatic carbocycles. The van der Waals surface area contributed by atoms with E-state index in [0.717, 1.165) is 4.88 Å². The maximum absolute atomic E-state index is 10.6. The van der Waals surface area contributed by atoms with Crippen LogP contribution >= 0.6 is 22.9 Å². The van der Waals surface area contributed by atoms with Gasteiger partial charge >= 0.3 is 0 Å². The Bertz CT molecular complexity index is 530. The van der Waals surface area contributed by atoms with E-state index in [9.17, 15) is 10.1 Å². The van der Waals surface area contributed by atoms with Crippen LogP contribution in [0.5, 0.6) is 0 Å². The van der Waals surface area contributed by atoms with Crippen LogP contribution in [0.2, 0.25) is 5.02 Å². The summed E-state index contributed by atoms with van der Waals surface area (Å²) >= 11 is 7.45. The standard InChI is InChI=1S/C10H8ClN3O2S/c11-9-2-1-7(14(15)16)3-10(9)13-5-8-4-12-6-17-8/h1-4,6,13H,5H2. The molecular formula is C10H8ClN3O2S. The number of non-ortho nitro benzene ring substituents is 1. The van der Waals surface area contributed by atoms with Crippen molar-refractivity contribution < 1.29 is 4.92 Å². The van der Waals surface area contributed by atoms with Gasteiger partial charge in [0.05, 0.1) is 27.7 Å². The maximum atomic E-state index is 10.6. The Hall–Kier alpha value is -1.66. The van der Waals surface area contributed by atoms with E-state index in [-0.39, 0.29) is 5.69 Å². The number of nitro groups is 1. The molecule has 0 bridgehead atoms. The average molecular weight is 270 g/mol. The van der Waals surface area contributed by atoms with Gasteiger partial charge in [-0.05, 0) is 6.07 Å². The van der Waals surface area contributed by atoms with Gasteiger partial charge in [0.25, 0.3) is 5.69 Å². The predicted octanol–water partition coefficient (Wildman–Crippen LogP) is 3.32. The van der Waals surface area contributed by atoms with E-state index in [1.54, 1.807) is 11.7 Å². The fourth-order valence-electron chi connectivity index (χ4n) is 1.27. The minimum absolute atomic E-state index is 0.0150. The SMILES string of the molecule is O=[N+]([O-])c1ccc(Cl)c(NCc2cncs2)c1. The smallest absolute Gasteiger partial charge is 0.271 e. The molecule has 0 atom stereocenters. The van der Waals surface area contributed by atoms with Gasteiger partial charge in [-0.1, -0.05) is 11.6 Å². The Balaban J connectivity index is 2.14. The first-order valence-electron chi connectivity index (χ1n) is 4.72. The summed E-state index contributed by atoms with van der Waals surface area (Å²) in [5, 5.41) is 14.1. The summed E-state index contributed by atoms with van der Waals surface area (Å²) in [5.74, 6) is 0. The largest absolute Gasteiger partial charge is 0.379 e. The Morgan fingerprint density at radius 1 is 1.53 bits per heavy atom. The first-order valence-corrected chi connectivity index (χ1v) is 5.98. The number of nitrogens with zero attached hydrogens (tertiary/aromatic N) is 2. The van der Waals surface area contributed by atoms with Crippen molar-refractivity contribution in [2.75, 3.05) is 5.32 Å². The van der Waals surface area contributed by atoms with Crippen LogP contribution in [0.15, 0.2) is 29.9 Å². The molecule has 1 N–H and O–H groups in total. The molecule has 0 saturated heterocycles. The summed E-state index contributed by atoms with van der Waals surface area (Å²) < 4.78 is 0. The Labute approximate surface area is 106 Å². The molecule has 17 heavy (non-hydrogen) atoms. The molecule has 2 aromatic rings. The average Bonchev–Trinajstić information content (AvgIpc) is 2.80. The predicted molar refractivity (Wildman–Crippen MR) is 67.5 cm³/mol. The van der Waals surface area contributed by atoms with Crippen LogP contribution in [0.25, 0.3) is 0 Å². The molecule has 7 heteroatoms. The second-order valence-corrected chi connectivity index (χ2v) is 4.62. The lowest BCUT2D eigenvalue weighted by molar-refractivity contribution is -0.384. The number of benzene rings is 1. The van der Waals surface area contributed by atoms with Crippen LogP contribution < -0.4 is 5.32 Å². The van der Waals surface area contributed by atoms with Crippen molar-refractivity contribution in [1.82, 2.24) is 4.98 Å². The molecule has 0 spiro atoms. The summed E-state index contributed by atoms with van der Waals surface area (Å²) in [6, 6.07) is 4.30. The lowest BCUT2D eigenvalue weighted by atomic mass is 10.3. The fourth-order valence-corrected chi connectivity index (χ4v) is 1.99. The first-order chi connectivity index (χ1) is 8.16. The highest BCUT2D eigenvalue weighted by molar-refractivity contribution is 7.09. The molecule has 0 aliphatic carbocycles. The summed E-state index contributed by atoms with van der Waals surface area (Å²) in [6.45, 7) is 0.547. The zero-order valence-corrected chi connectivity index (χ0v) is 10.2. The Kier molecular flexibility index (Phi) is 3.55. The number of halogens is 1. The number of thiazole rings is 1. The third-order valence-corrected chi connectivity index (χ3v) is 3.21. The van der Waals surface area contributed by atoms with Gasteiger partial charge in [0.15, 0.2) is 0 Å². The van der Waals surface area contributed by atoms with E-state index >= 15 is 0 Å². The number of rotatable bonds is 4. The normalized spacial score (nSPS) is 10.2. The molecule has 0 amide bonds. The highest BCUT2D eigenvalue weighted by atomic mass is 35.5. The minimum atomic E-state index is -0.450. The summed E-state index contributed by atoms with van der Waals surface area (Å²) in [5.41, 5.74) is 2.29. The lowest BCUT2D eigenvalue weighted by Gasteiger charge is -2.06. The lowest BCUT2D eigenvalue weighted by Crippen LogP contribution is -1.99. The monoisotopic (exact) mass is 269 g/mol. The molecular weight excluding hydrogens is 262 g/mol. The van der Waals surface area contributed by atoms with Crippen LogP contribution in [0.3, 0.4) is 0 Å². The Morgan fingerprint density at radius 3 is 3.00 bits per heavy atom. The molecule has 0 aliphatic heterocycles. The van der Waals surface area contributed by atoms with E-state index in [2.05, 4.69) is 10.3 Å². The van der Waals surface area contributed by atoms with E-state index in [4.69, 9.17) is 11.6 Å². The number of aromatic nitrogens is 1. The number of hydrogen-bond acceptors (Lipinski definition) is 5. The zero-order valence-electron chi connectivity index (χ0n) is 8.59. The summed E-state index contributed by atoms with van der Waals surface area (Å²) in [7, 11) is 0. The first kappa shape index (κ1) is 11.8.